The van der Waals surface area contributed by atoms with E-state index in [0.717, 1.165) is 18.5 Å². The number of pyridine rings is 1. The smallest absolute Gasteiger partial charge is 0.129 e. The van der Waals surface area contributed by atoms with Gasteiger partial charge in [-0.05, 0) is 24.5 Å². The predicted molar refractivity (Wildman–Crippen MR) is 51.7 cm³/mol. The van der Waals surface area contributed by atoms with Crippen LogP contribution < -0.4 is 5.73 Å². The van der Waals surface area contributed by atoms with E-state index in [1.807, 2.05) is 12.1 Å². The van der Waals surface area contributed by atoms with Crippen LogP contribution in [-0.4, -0.2) is 4.98 Å². The Morgan fingerprint density at radius 1 is 1.50 bits per heavy atom. The maximum Gasteiger partial charge on any atom is 0.129 e. The highest BCUT2D eigenvalue weighted by molar-refractivity contribution is 6.29. The van der Waals surface area contributed by atoms with Crippen molar-refractivity contribution in [2.75, 3.05) is 0 Å². The highest BCUT2D eigenvalue weighted by Crippen LogP contribution is 2.28. The fraction of sp³-hybridized carbons (Fsp3) is 0.375. The van der Waals surface area contributed by atoms with Gasteiger partial charge in [0, 0.05) is 6.04 Å². The van der Waals surface area contributed by atoms with Gasteiger partial charge in [-0.3, -0.25) is 0 Å². The van der Waals surface area contributed by atoms with Gasteiger partial charge in [0.1, 0.15) is 5.15 Å². The molecule has 1 aliphatic carbocycles. The lowest BCUT2D eigenvalue weighted by atomic mass is 10.2. The van der Waals surface area contributed by atoms with Crippen molar-refractivity contribution in [1.82, 2.24) is 4.98 Å². The normalized spacial score (nSPS) is 20.0. The average Bonchev–Trinajstić information content (AvgIpc) is 2.33. The van der Waals surface area contributed by atoms with Crippen LogP contribution in [0.3, 0.4) is 0 Å². The molecule has 2 N–H and O–H groups in total. The van der Waals surface area contributed by atoms with Crippen LogP contribution in [0.2, 0.25) is 5.15 Å². The number of aromatic nitrogens is 1. The van der Waals surface area contributed by atoms with Crippen molar-refractivity contribution >= 4 is 24.0 Å². The molecule has 0 saturated heterocycles. The van der Waals surface area contributed by atoms with Gasteiger partial charge >= 0.3 is 0 Å². The summed E-state index contributed by atoms with van der Waals surface area (Å²) in [6.45, 7) is 0. The first-order valence-corrected chi connectivity index (χ1v) is 4.06. The Bertz CT molecular complexity index is 288. The Labute approximate surface area is 82.5 Å². The lowest BCUT2D eigenvalue weighted by molar-refractivity contribution is 0.698. The Balaban J connectivity index is 0.000000720. The molecule has 4 heteroatoms. The van der Waals surface area contributed by atoms with Gasteiger partial charge in [0.15, 0.2) is 0 Å². The van der Waals surface area contributed by atoms with E-state index < -0.39 is 0 Å². The first kappa shape index (κ1) is 9.78. The molecule has 1 heterocycles. The highest BCUT2D eigenvalue weighted by Gasteiger charge is 2.20. The standard InChI is InChI=1S/C8H9ClN2.ClH/c9-7-4-2-5-1-3-6(10)8(5)11-7;/h2,4,6H,1,3,10H2;1H. The molecule has 0 bridgehead atoms. The molecule has 1 aromatic heterocycles. The van der Waals surface area contributed by atoms with Gasteiger partial charge in [-0.1, -0.05) is 17.7 Å². The van der Waals surface area contributed by atoms with Crippen molar-refractivity contribution in [3.05, 3.63) is 28.5 Å². The second kappa shape index (κ2) is 3.60. The molecule has 1 aliphatic rings. The molecule has 1 aromatic rings. The molecule has 66 valence electrons. The molecule has 0 amide bonds. The largest absolute Gasteiger partial charge is 0.323 e. The molecule has 0 radical (unpaired) electrons. The summed E-state index contributed by atoms with van der Waals surface area (Å²) in [5, 5.41) is 0.543. The second-order valence-corrected chi connectivity index (χ2v) is 3.21. The van der Waals surface area contributed by atoms with E-state index in [0.29, 0.717) is 5.15 Å². The third-order valence-electron chi connectivity index (χ3n) is 2.05. The van der Waals surface area contributed by atoms with Crippen molar-refractivity contribution in [3.63, 3.8) is 0 Å². The fourth-order valence-electron chi connectivity index (χ4n) is 1.46. The van der Waals surface area contributed by atoms with E-state index >= 15 is 0 Å². The Morgan fingerprint density at radius 2 is 2.25 bits per heavy atom. The second-order valence-electron chi connectivity index (χ2n) is 2.82. The van der Waals surface area contributed by atoms with Gasteiger partial charge in [0.25, 0.3) is 0 Å². The monoisotopic (exact) mass is 204 g/mol. The van der Waals surface area contributed by atoms with Crippen LogP contribution in [0.15, 0.2) is 12.1 Å². The third-order valence-corrected chi connectivity index (χ3v) is 2.26. The molecule has 0 aliphatic heterocycles. The predicted octanol–water partition coefficient (Wildman–Crippen LogP) is 2.10. The van der Waals surface area contributed by atoms with E-state index in [9.17, 15) is 0 Å². The quantitative estimate of drug-likeness (QED) is 0.658. The van der Waals surface area contributed by atoms with Crippen LogP contribution in [0, 0.1) is 0 Å². The van der Waals surface area contributed by atoms with E-state index in [2.05, 4.69) is 4.98 Å². The highest BCUT2D eigenvalue weighted by atomic mass is 35.5. The number of halogens is 2. The van der Waals surface area contributed by atoms with E-state index in [-0.39, 0.29) is 18.4 Å². The number of nitrogens with zero attached hydrogens (tertiary/aromatic N) is 1. The van der Waals surface area contributed by atoms with E-state index in [1.54, 1.807) is 0 Å². The molecule has 0 fully saturated rings. The molecule has 0 aromatic carbocycles. The lowest BCUT2D eigenvalue weighted by Crippen LogP contribution is -2.07. The van der Waals surface area contributed by atoms with Gasteiger partial charge in [-0.25, -0.2) is 4.98 Å². The van der Waals surface area contributed by atoms with Crippen LogP contribution in [0.4, 0.5) is 0 Å². The van der Waals surface area contributed by atoms with Crippen LogP contribution in [0.1, 0.15) is 23.7 Å². The van der Waals surface area contributed by atoms with Crippen LogP contribution >= 0.6 is 24.0 Å². The van der Waals surface area contributed by atoms with Gasteiger partial charge in [0.05, 0.1) is 5.69 Å². The van der Waals surface area contributed by atoms with Crippen molar-refractivity contribution in [3.8, 4) is 0 Å². The van der Waals surface area contributed by atoms with E-state index in [1.165, 1.54) is 5.56 Å². The zero-order valence-corrected chi connectivity index (χ0v) is 8.03. The van der Waals surface area contributed by atoms with Gasteiger partial charge in [-0.2, -0.15) is 0 Å². The summed E-state index contributed by atoms with van der Waals surface area (Å²) in [5.41, 5.74) is 8.03. The minimum Gasteiger partial charge on any atom is -0.323 e. The summed E-state index contributed by atoms with van der Waals surface area (Å²) < 4.78 is 0. The first-order chi connectivity index (χ1) is 5.27. The summed E-state index contributed by atoms with van der Waals surface area (Å²) in [6.07, 6.45) is 2.04. The Hall–Kier alpha value is -0.310. The molecule has 2 nitrogen and oxygen atoms in total. The number of hydrogen-bond acceptors (Lipinski definition) is 2. The lowest BCUT2D eigenvalue weighted by Gasteiger charge is -2.02. The number of hydrogen-bond donors (Lipinski definition) is 1. The zero-order chi connectivity index (χ0) is 7.84. The minimum absolute atomic E-state index is 0. The summed E-state index contributed by atoms with van der Waals surface area (Å²) in [5.74, 6) is 0. The fourth-order valence-corrected chi connectivity index (χ4v) is 1.61. The molecule has 0 saturated carbocycles. The van der Waals surface area contributed by atoms with Crippen molar-refractivity contribution in [1.29, 1.82) is 0 Å². The van der Waals surface area contributed by atoms with E-state index in [4.69, 9.17) is 17.3 Å². The number of rotatable bonds is 0. The van der Waals surface area contributed by atoms with Crippen LogP contribution in [0.25, 0.3) is 0 Å². The maximum absolute atomic E-state index is 5.79. The molecular formula is C8H10Cl2N2. The molecule has 1 atom stereocenters. The number of aryl methyl sites for hydroxylation is 1. The molecule has 12 heavy (non-hydrogen) atoms. The van der Waals surface area contributed by atoms with Gasteiger partial charge < -0.3 is 5.73 Å². The molecule has 1 unspecified atom stereocenters. The minimum atomic E-state index is 0. The summed E-state index contributed by atoms with van der Waals surface area (Å²) >= 11 is 5.72. The topological polar surface area (TPSA) is 38.9 Å². The maximum atomic E-state index is 5.79. The first-order valence-electron chi connectivity index (χ1n) is 3.68. The Kier molecular flexibility index (Phi) is 2.94. The van der Waals surface area contributed by atoms with Crippen molar-refractivity contribution in [2.45, 2.75) is 18.9 Å². The van der Waals surface area contributed by atoms with Crippen LogP contribution in [-0.2, 0) is 6.42 Å². The molecular weight excluding hydrogens is 195 g/mol. The summed E-state index contributed by atoms with van der Waals surface area (Å²) in [7, 11) is 0. The van der Waals surface area contributed by atoms with Gasteiger partial charge in [0.2, 0.25) is 0 Å². The SMILES string of the molecule is Cl.NC1CCc2ccc(Cl)nc21. The molecule has 0 spiro atoms. The number of fused-ring (bicyclic) bond motifs is 1. The summed E-state index contributed by atoms with van der Waals surface area (Å²) in [6, 6.07) is 3.93. The summed E-state index contributed by atoms with van der Waals surface area (Å²) in [4.78, 5) is 4.18. The Morgan fingerprint density at radius 3 is 3.00 bits per heavy atom. The van der Waals surface area contributed by atoms with Crippen molar-refractivity contribution in [2.24, 2.45) is 5.73 Å². The van der Waals surface area contributed by atoms with Crippen molar-refractivity contribution < 1.29 is 0 Å². The number of nitrogens with two attached hydrogens (primary N) is 1. The van der Waals surface area contributed by atoms with Crippen LogP contribution in [0.5, 0.6) is 0 Å². The molecule has 2 rings (SSSR count). The average molecular weight is 205 g/mol. The zero-order valence-electron chi connectivity index (χ0n) is 6.46. The third kappa shape index (κ3) is 1.56. The van der Waals surface area contributed by atoms with Gasteiger partial charge in [-0.15, -0.1) is 12.4 Å².